The van der Waals surface area contributed by atoms with Gasteiger partial charge in [0.2, 0.25) is 23.6 Å². The van der Waals surface area contributed by atoms with E-state index in [1.807, 2.05) is 78.9 Å². The summed E-state index contributed by atoms with van der Waals surface area (Å²) in [7, 11) is 0. The second-order valence-electron chi connectivity index (χ2n) is 24.6. The number of phenols is 1. The molecule has 0 bridgehead atoms. The lowest BCUT2D eigenvalue weighted by Crippen LogP contribution is -2.58. The smallest absolute Gasteiger partial charge is 0.237 e. The maximum absolute atomic E-state index is 14.2. The largest absolute Gasteiger partial charge is 0.508 e. The number of carbonyl (C=O) groups is 4. The van der Waals surface area contributed by atoms with E-state index < -0.39 is 21.7 Å². The van der Waals surface area contributed by atoms with Crippen LogP contribution in [0.15, 0.2) is 127 Å². The third-order valence-corrected chi connectivity index (χ3v) is 20.3. The fourth-order valence-electron chi connectivity index (χ4n) is 16.1. The molecule has 6 aliphatic carbocycles. The summed E-state index contributed by atoms with van der Waals surface area (Å²) in [5.41, 5.74) is 5.58. The number of ether oxygens (including phenoxy) is 1. The molecule has 0 aromatic heterocycles. The van der Waals surface area contributed by atoms with Gasteiger partial charge in [-0.1, -0.05) is 182 Å². The number of aromatic hydroxyl groups is 1. The second kappa shape index (κ2) is 21.2. The normalized spacial score (nSPS) is 28.2. The van der Waals surface area contributed by atoms with Crippen molar-refractivity contribution >= 4 is 23.6 Å². The van der Waals surface area contributed by atoms with Crippen molar-refractivity contribution in [2.75, 3.05) is 0 Å². The molecule has 0 aliphatic heterocycles. The van der Waals surface area contributed by atoms with Gasteiger partial charge in [-0.05, 0) is 163 Å². The van der Waals surface area contributed by atoms with E-state index in [2.05, 4.69) is 80.8 Å². The van der Waals surface area contributed by atoms with Crippen molar-refractivity contribution in [3.05, 3.63) is 166 Å². The third-order valence-electron chi connectivity index (χ3n) is 20.3. The van der Waals surface area contributed by atoms with Gasteiger partial charge in [-0.25, -0.2) is 0 Å². The van der Waals surface area contributed by atoms with Crippen LogP contribution in [-0.2, 0) is 60.3 Å². The molecule has 0 radical (unpaired) electrons. The summed E-state index contributed by atoms with van der Waals surface area (Å²) < 4.78 is 6.23. The maximum Gasteiger partial charge on any atom is 0.237 e. The zero-order valence-electron chi connectivity index (χ0n) is 45.1. The second-order valence-corrected chi connectivity index (χ2v) is 24.6. The monoisotopic (exact) mass is 1010 g/mol. The summed E-state index contributed by atoms with van der Waals surface area (Å²) in [5, 5.41) is 16.2. The minimum absolute atomic E-state index is 0.0840. The maximum atomic E-state index is 14.2. The number of hydrogen-bond donors (Lipinski definition) is 3. The molecule has 4 amide bonds. The SMILES string of the molecule is C[C@]1(C(=O)NC(=O)C2(c3ccccc3)CCCCC2)CCC[C@]2(C)c3cc(O)ccc3CC[C@@H]12.C[C@]1(C(=O)NC(=O)C2(c3ccccc3)CCCCC2)CCC[C@]2(C)c3cc(OCc4ccccc4)ccc3CC[C@@H]12. The molecule has 5 aromatic rings. The summed E-state index contributed by atoms with van der Waals surface area (Å²) >= 11 is 0. The van der Waals surface area contributed by atoms with Gasteiger partial charge >= 0.3 is 0 Å². The molecule has 11 rings (SSSR count). The van der Waals surface area contributed by atoms with E-state index in [0.717, 1.165) is 151 Å². The zero-order chi connectivity index (χ0) is 52.5. The summed E-state index contributed by atoms with van der Waals surface area (Å²) in [6, 6.07) is 42.7. The Labute approximate surface area is 446 Å². The van der Waals surface area contributed by atoms with E-state index >= 15 is 0 Å². The number of imide groups is 2. The number of nitrogens with one attached hydrogen (secondary N) is 2. The lowest BCUT2D eigenvalue weighted by atomic mass is 9.49. The molecule has 6 atom stereocenters. The predicted molar refractivity (Wildman–Crippen MR) is 296 cm³/mol. The first kappa shape index (κ1) is 52.4. The molecule has 0 unspecified atom stereocenters. The van der Waals surface area contributed by atoms with Gasteiger partial charge in [0.25, 0.3) is 0 Å². The van der Waals surface area contributed by atoms with Gasteiger partial charge in [0.15, 0.2) is 0 Å². The lowest BCUT2D eigenvalue weighted by Gasteiger charge is -2.54. The Balaban J connectivity index is 0.000000174. The average molecular weight is 1010 g/mol. The first-order chi connectivity index (χ1) is 36.1. The molecule has 0 heterocycles. The van der Waals surface area contributed by atoms with Crippen molar-refractivity contribution in [3.8, 4) is 11.5 Å². The Hall–Kier alpha value is -6.02. The number of aryl methyl sites for hydroxylation is 2. The molecule has 0 spiro atoms. The number of phenolic OH excluding ortho intramolecular Hbond substituents is 1. The minimum atomic E-state index is -0.617. The number of amides is 4. The topological polar surface area (TPSA) is 122 Å². The summed E-state index contributed by atoms with van der Waals surface area (Å²) in [6.07, 6.45) is 18.8. The van der Waals surface area contributed by atoms with Crippen LogP contribution in [-0.4, -0.2) is 28.7 Å². The van der Waals surface area contributed by atoms with Crippen LogP contribution in [0.25, 0.3) is 0 Å². The molecular weight excluding hydrogens is 929 g/mol. The van der Waals surface area contributed by atoms with Gasteiger partial charge in [0, 0.05) is 0 Å². The van der Waals surface area contributed by atoms with Gasteiger partial charge in [-0.15, -0.1) is 0 Å². The molecule has 394 valence electrons. The van der Waals surface area contributed by atoms with Gasteiger partial charge in [-0.3, -0.25) is 29.8 Å². The highest BCUT2D eigenvalue weighted by molar-refractivity contribution is 6.04. The van der Waals surface area contributed by atoms with Gasteiger partial charge < -0.3 is 9.84 Å². The first-order valence-electron chi connectivity index (χ1n) is 28.6. The molecule has 4 fully saturated rings. The molecular formula is C67H80N2O6. The van der Waals surface area contributed by atoms with Gasteiger partial charge in [0.1, 0.15) is 18.1 Å². The molecule has 3 N–H and O–H groups in total. The van der Waals surface area contributed by atoms with Crippen LogP contribution in [0.4, 0.5) is 0 Å². The first-order valence-corrected chi connectivity index (χ1v) is 28.6. The van der Waals surface area contributed by atoms with Crippen LogP contribution in [0.1, 0.15) is 182 Å². The Morgan fingerprint density at radius 2 is 0.907 bits per heavy atom. The molecule has 8 nitrogen and oxygen atoms in total. The number of rotatable bonds is 9. The molecule has 8 heteroatoms. The van der Waals surface area contributed by atoms with Gasteiger partial charge in [0.05, 0.1) is 21.7 Å². The van der Waals surface area contributed by atoms with Crippen LogP contribution in [0, 0.1) is 22.7 Å². The highest BCUT2D eigenvalue weighted by Gasteiger charge is 2.58. The molecule has 6 aliphatic rings. The molecule has 75 heavy (non-hydrogen) atoms. The molecule has 0 saturated heterocycles. The molecule has 5 aromatic carbocycles. The molecule has 4 saturated carbocycles. The fourth-order valence-corrected chi connectivity index (χ4v) is 16.1. The Morgan fingerprint density at radius 1 is 0.480 bits per heavy atom. The van der Waals surface area contributed by atoms with Crippen molar-refractivity contribution in [1.29, 1.82) is 0 Å². The van der Waals surface area contributed by atoms with Crippen molar-refractivity contribution in [2.45, 2.75) is 184 Å². The van der Waals surface area contributed by atoms with E-state index in [9.17, 15) is 24.3 Å². The summed E-state index contributed by atoms with van der Waals surface area (Å²) in [6.45, 7) is 9.32. The number of hydrogen-bond acceptors (Lipinski definition) is 6. The van der Waals surface area contributed by atoms with Crippen LogP contribution >= 0.6 is 0 Å². The summed E-state index contributed by atoms with van der Waals surface area (Å²) in [4.78, 5) is 56.0. The van der Waals surface area contributed by atoms with Crippen LogP contribution in [0.3, 0.4) is 0 Å². The average Bonchev–Trinajstić information content (AvgIpc) is 3.45. The van der Waals surface area contributed by atoms with E-state index in [4.69, 9.17) is 4.74 Å². The highest BCUT2D eigenvalue weighted by Crippen LogP contribution is 2.59. The van der Waals surface area contributed by atoms with Crippen molar-refractivity contribution in [1.82, 2.24) is 10.6 Å². The number of benzene rings is 5. The quantitative estimate of drug-likeness (QED) is 0.126. The van der Waals surface area contributed by atoms with E-state index in [1.54, 1.807) is 6.07 Å². The third kappa shape index (κ3) is 9.67. The number of fused-ring (bicyclic) bond motifs is 6. The lowest BCUT2D eigenvalue weighted by molar-refractivity contribution is -0.146. The standard InChI is InChI=1S/C37H43NO3.C30H37NO3/c1-35-21-12-22-36(2,33(39)38-34(40)37(23-10-5-11-24-37)29-15-8-4-9-16-29)32(35)20-18-28-17-19-30(25-31(28)35)41-26-27-13-6-3-7-14-27;1-28-16-9-17-29(2,25(28)15-13-21-12-14-23(32)20-24(21)28)26(33)31-27(34)30(18-7-4-8-19-30)22-10-5-3-6-11-22/h3-4,6-9,13-17,19,25,32H,5,10-12,18,20-24,26H2,1-2H3,(H,38,39,40);3,5-6,10-12,14,20,25,32H,4,7-9,13,15-19H2,1-2H3,(H,31,33,34)/t32-,35-,36+;25-,28-,29+/m11/s1. The van der Waals surface area contributed by atoms with Crippen molar-refractivity contribution in [3.63, 3.8) is 0 Å². The van der Waals surface area contributed by atoms with Crippen molar-refractivity contribution < 1.29 is 29.0 Å². The Bertz CT molecular complexity index is 2870. The van der Waals surface area contributed by atoms with Gasteiger partial charge in [-0.2, -0.15) is 0 Å². The number of carbonyl (C=O) groups excluding carboxylic acids is 4. The fraction of sp³-hybridized carbons (Fsp3) is 0.493. The zero-order valence-corrected chi connectivity index (χ0v) is 45.1. The van der Waals surface area contributed by atoms with Crippen LogP contribution in [0.2, 0.25) is 0 Å². The van der Waals surface area contributed by atoms with E-state index in [-0.39, 0.29) is 52.0 Å². The Morgan fingerprint density at radius 3 is 1.37 bits per heavy atom. The minimum Gasteiger partial charge on any atom is -0.508 e. The van der Waals surface area contributed by atoms with E-state index in [1.165, 1.54) is 22.3 Å². The highest BCUT2D eigenvalue weighted by atomic mass is 16.5. The van der Waals surface area contributed by atoms with Crippen molar-refractivity contribution in [2.24, 2.45) is 22.7 Å². The summed E-state index contributed by atoms with van der Waals surface area (Å²) in [5.74, 6) is 1.04. The van der Waals surface area contributed by atoms with E-state index in [0.29, 0.717) is 6.61 Å². The van der Waals surface area contributed by atoms with Crippen LogP contribution in [0.5, 0.6) is 11.5 Å². The predicted octanol–water partition coefficient (Wildman–Crippen LogP) is 13.8. The van der Waals surface area contributed by atoms with Crippen LogP contribution < -0.4 is 15.4 Å². The Kier molecular flexibility index (Phi) is 14.8.